The molecule has 3 aromatic carbocycles. The number of ether oxygens (including phenoxy) is 2. The lowest BCUT2D eigenvalue weighted by Crippen LogP contribution is -2.05. The van der Waals surface area contributed by atoms with Gasteiger partial charge < -0.3 is 9.47 Å². The number of rotatable bonds is 11. The molecule has 0 radical (unpaired) electrons. The van der Waals surface area contributed by atoms with Crippen LogP contribution < -0.4 is 9.47 Å². The molecule has 0 fully saturated rings. The molecule has 1 atom stereocenters. The Hall–Kier alpha value is -2.70. The van der Waals surface area contributed by atoms with Crippen LogP contribution in [0.5, 0.6) is 11.5 Å². The molecule has 0 saturated heterocycles. The molecule has 166 valence electrons. The zero-order valence-electron chi connectivity index (χ0n) is 18.7. The van der Waals surface area contributed by atoms with E-state index in [4.69, 9.17) is 14.5 Å². The van der Waals surface area contributed by atoms with Crippen LogP contribution in [0, 0.1) is 0 Å². The Balaban J connectivity index is 1.76. The topological polar surface area (TPSA) is 43.2 Å². The predicted octanol–water partition coefficient (Wildman–Crippen LogP) is 6.90. The van der Waals surface area contributed by atoms with Gasteiger partial charge in [0.1, 0.15) is 0 Å². The van der Waals surface area contributed by atoms with Crippen LogP contribution in [-0.4, -0.2) is 39.3 Å². The second-order valence-corrected chi connectivity index (χ2v) is 8.87. The predicted molar refractivity (Wildman–Crippen MR) is 139 cm³/mol. The van der Waals surface area contributed by atoms with Crippen LogP contribution in [-0.2, 0) is 6.42 Å². The van der Waals surface area contributed by atoms with Crippen LogP contribution in [0.3, 0.4) is 0 Å². The second-order valence-electron chi connectivity index (χ2n) is 7.01. The summed E-state index contributed by atoms with van der Waals surface area (Å²) in [5.41, 5.74) is 3.32. The third-order valence-electron chi connectivity index (χ3n) is 5.06. The van der Waals surface area contributed by atoms with Gasteiger partial charge in [-0.25, -0.2) is 0 Å². The Morgan fingerprint density at radius 1 is 0.969 bits per heavy atom. The number of benzene rings is 3. The van der Waals surface area contributed by atoms with E-state index in [9.17, 15) is 0 Å². The van der Waals surface area contributed by atoms with E-state index in [1.807, 2.05) is 18.2 Å². The van der Waals surface area contributed by atoms with Gasteiger partial charge in [0, 0.05) is 28.0 Å². The monoisotopic (exact) mass is 464 g/mol. The van der Waals surface area contributed by atoms with E-state index in [1.165, 1.54) is 16.0 Å². The summed E-state index contributed by atoms with van der Waals surface area (Å²) in [6, 6.07) is 23.0. The molecule has 0 saturated carbocycles. The van der Waals surface area contributed by atoms with Gasteiger partial charge in [0.2, 0.25) is 0 Å². The summed E-state index contributed by atoms with van der Waals surface area (Å²) in [5.74, 6) is 2.09. The summed E-state index contributed by atoms with van der Waals surface area (Å²) >= 11 is 3.35. The van der Waals surface area contributed by atoms with E-state index in [0.29, 0.717) is 17.4 Å². The van der Waals surface area contributed by atoms with E-state index in [2.05, 4.69) is 72.7 Å². The van der Waals surface area contributed by atoms with Gasteiger partial charge >= 0.3 is 0 Å². The third kappa shape index (κ3) is 6.40. The minimum absolute atomic E-state index is 0.205. The highest BCUT2D eigenvalue weighted by molar-refractivity contribution is 7.99. The molecule has 0 spiro atoms. The van der Waals surface area contributed by atoms with Crippen molar-refractivity contribution in [2.75, 3.05) is 26.4 Å². The van der Waals surface area contributed by atoms with Crippen LogP contribution in [0.15, 0.2) is 86.5 Å². The van der Waals surface area contributed by atoms with E-state index >= 15 is 0 Å². The standard InChI is InChI=1S/C26H28N2O2S2/c1-27-23-15-24(29-2)25(30-3)16-26(23)32-18-28-17-21(14-19-8-6-5-7-9-19)20-10-12-22(31-4)13-11-20/h5-13,15-17,21H,1,14,18H2,2-4H3/b28-17+. The number of aliphatic imine (C=N–C) groups is 2. The maximum absolute atomic E-state index is 5.42. The van der Waals surface area contributed by atoms with Crippen molar-refractivity contribution in [3.63, 3.8) is 0 Å². The fourth-order valence-electron chi connectivity index (χ4n) is 3.34. The molecule has 0 N–H and O–H groups in total. The smallest absolute Gasteiger partial charge is 0.162 e. The average Bonchev–Trinajstić information content (AvgIpc) is 2.86. The van der Waals surface area contributed by atoms with Crippen molar-refractivity contribution >= 4 is 42.1 Å². The molecule has 4 nitrogen and oxygen atoms in total. The van der Waals surface area contributed by atoms with Crippen molar-refractivity contribution in [3.05, 3.63) is 77.9 Å². The van der Waals surface area contributed by atoms with Crippen molar-refractivity contribution in [3.8, 4) is 11.5 Å². The number of methoxy groups -OCH3 is 2. The van der Waals surface area contributed by atoms with Gasteiger partial charge in [-0.15, -0.1) is 11.8 Å². The largest absolute Gasteiger partial charge is 0.493 e. The Morgan fingerprint density at radius 2 is 1.66 bits per heavy atom. The summed E-state index contributed by atoms with van der Waals surface area (Å²) in [5, 5.41) is 0. The van der Waals surface area contributed by atoms with E-state index in [0.717, 1.165) is 17.0 Å². The summed E-state index contributed by atoms with van der Waals surface area (Å²) in [6.07, 6.45) is 5.06. The normalized spacial score (nSPS) is 12.0. The molecular formula is C26H28N2O2S2. The average molecular weight is 465 g/mol. The molecular weight excluding hydrogens is 436 g/mol. The first-order chi connectivity index (χ1) is 15.7. The Bertz CT molecular complexity index is 1040. The quantitative estimate of drug-likeness (QED) is 0.229. The number of hydrogen-bond donors (Lipinski definition) is 0. The highest BCUT2D eigenvalue weighted by atomic mass is 32.2. The zero-order valence-corrected chi connectivity index (χ0v) is 20.3. The van der Waals surface area contributed by atoms with Crippen LogP contribution in [0.4, 0.5) is 5.69 Å². The van der Waals surface area contributed by atoms with Gasteiger partial charge in [0.15, 0.2) is 11.5 Å². The van der Waals surface area contributed by atoms with Crippen LogP contribution in [0.2, 0.25) is 0 Å². The lowest BCUT2D eigenvalue weighted by molar-refractivity contribution is 0.354. The minimum atomic E-state index is 0.205. The van der Waals surface area contributed by atoms with Crippen molar-refractivity contribution in [2.24, 2.45) is 9.98 Å². The first-order valence-corrected chi connectivity index (χ1v) is 12.4. The molecule has 1 unspecified atom stereocenters. The fraction of sp³-hybridized carbons (Fsp3) is 0.231. The second kappa shape index (κ2) is 12.4. The molecule has 0 bridgehead atoms. The fourth-order valence-corrected chi connectivity index (χ4v) is 4.51. The minimum Gasteiger partial charge on any atom is -0.493 e. The maximum Gasteiger partial charge on any atom is 0.162 e. The van der Waals surface area contributed by atoms with Crippen molar-refractivity contribution in [1.29, 1.82) is 0 Å². The van der Waals surface area contributed by atoms with Gasteiger partial charge in [-0.3, -0.25) is 9.98 Å². The maximum atomic E-state index is 5.42. The van der Waals surface area contributed by atoms with E-state index in [-0.39, 0.29) is 5.92 Å². The highest BCUT2D eigenvalue weighted by Gasteiger charge is 2.12. The lowest BCUT2D eigenvalue weighted by Gasteiger charge is -2.14. The Labute approximate surface area is 199 Å². The van der Waals surface area contributed by atoms with Gasteiger partial charge in [0.05, 0.1) is 25.8 Å². The van der Waals surface area contributed by atoms with Gasteiger partial charge in [-0.05, 0) is 48.7 Å². The summed E-state index contributed by atoms with van der Waals surface area (Å²) in [6.45, 7) is 3.68. The Morgan fingerprint density at radius 3 is 2.28 bits per heavy atom. The van der Waals surface area contributed by atoms with Crippen molar-refractivity contribution in [2.45, 2.75) is 22.1 Å². The molecule has 0 aromatic heterocycles. The molecule has 0 aliphatic heterocycles. The Kier molecular flexibility index (Phi) is 9.26. The lowest BCUT2D eigenvalue weighted by atomic mass is 9.93. The molecule has 0 aliphatic carbocycles. The van der Waals surface area contributed by atoms with Crippen molar-refractivity contribution in [1.82, 2.24) is 0 Å². The van der Waals surface area contributed by atoms with Crippen LogP contribution in [0.1, 0.15) is 17.0 Å². The van der Waals surface area contributed by atoms with Crippen LogP contribution >= 0.6 is 23.5 Å². The highest BCUT2D eigenvalue weighted by Crippen LogP contribution is 2.39. The van der Waals surface area contributed by atoms with Gasteiger partial charge in [-0.1, -0.05) is 54.2 Å². The van der Waals surface area contributed by atoms with E-state index in [1.54, 1.807) is 37.7 Å². The number of thioether (sulfide) groups is 2. The third-order valence-corrected chi connectivity index (χ3v) is 6.72. The molecule has 0 aliphatic rings. The summed E-state index contributed by atoms with van der Waals surface area (Å²) in [4.78, 5) is 11.1. The molecule has 32 heavy (non-hydrogen) atoms. The van der Waals surface area contributed by atoms with Crippen LogP contribution in [0.25, 0.3) is 0 Å². The molecule has 3 rings (SSSR count). The van der Waals surface area contributed by atoms with Gasteiger partial charge in [0.25, 0.3) is 0 Å². The molecule has 0 heterocycles. The number of hydrogen-bond acceptors (Lipinski definition) is 6. The zero-order chi connectivity index (χ0) is 22.8. The van der Waals surface area contributed by atoms with E-state index < -0.39 is 0 Å². The van der Waals surface area contributed by atoms with Gasteiger partial charge in [-0.2, -0.15) is 0 Å². The number of nitrogens with zero attached hydrogens (tertiary/aromatic N) is 2. The molecule has 6 heteroatoms. The molecule has 0 amide bonds. The van der Waals surface area contributed by atoms with Crippen molar-refractivity contribution < 1.29 is 9.47 Å². The molecule has 3 aromatic rings. The first kappa shape index (κ1) is 24.0. The SMILES string of the molecule is C=Nc1cc(OC)c(OC)cc1SC/N=C/C(Cc1ccccc1)c1ccc(SC)cc1. The summed E-state index contributed by atoms with van der Waals surface area (Å²) < 4.78 is 10.8. The first-order valence-electron chi connectivity index (χ1n) is 10.2. The summed E-state index contributed by atoms with van der Waals surface area (Å²) in [7, 11) is 3.24.